The largest absolute Gasteiger partial charge is 0.491 e. The van der Waals surface area contributed by atoms with Crippen LogP contribution in [0.2, 0.25) is 5.02 Å². The minimum absolute atomic E-state index is 0.0569. The van der Waals surface area contributed by atoms with E-state index in [1.807, 2.05) is 66.4 Å². The van der Waals surface area contributed by atoms with Crippen LogP contribution in [-0.2, 0) is 29.1 Å². The molecule has 1 aliphatic heterocycles. The topological polar surface area (TPSA) is 27.7 Å². The van der Waals surface area contributed by atoms with E-state index in [1.54, 1.807) is 6.92 Å². The first-order valence-electron chi connectivity index (χ1n) is 15.2. The van der Waals surface area contributed by atoms with E-state index < -0.39 is 11.6 Å². The van der Waals surface area contributed by atoms with Gasteiger partial charge < -0.3 is 14.2 Å². The van der Waals surface area contributed by atoms with Gasteiger partial charge in [-0.2, -0.15) is 0 Å². The first-order chi connectivity index (χ1) is 21.4. The summed E-state index contributed by atoms with van der Waals surface area (Å²) < 4.78 is 48.4. The van der Waals surface area contributed by atoms with E-state index in [-0.39, 0.29) is 47.7 Å². The summed E-state index contributed by atoms with van der Waals surface area (Å²) in [7, 11) is 0. The smallest absolute Gasteiger partial charge is 0.165 e. The zero-order valence-electron chi connectivity index (χ0n) is 25.3. The Kier molecular flexibility index (Phi) is 11.4. The molecule has 4 aromatic carbocycles. The van der Waals surface area contributed by atoms with Crippen LogP contribution in [0, 0.1) is 17.6 Å². The normalized spacial score (nSPS) is 21.7. The summed E-state index contributed by atoms with van der Waals surface area (Å²) in [5, 5.41) is 0.787. The zero-order valence-corrected chi connectivity index (χ0v) is 26.9. The molecule has 0 N–H and O–H groups in total. The Morgan fingerprint density at radius 2 is 1.39 bits per heavy atom. The number of ether oxygens (including phenoxy) is 3. The molecule has 7 heteroatoms. The van der Waals surface area contributed by atoms with Gasteiger partial charge >= 0.3 is 0 Å². The summed E-state index contributed by atoms with van der Waals surface area (Å²) in [6.07, 6.45) is 0.717. The van der Waals surface area contributed by atoms with Crippen molar-refractivity contribution >= 4 is 23.4 Å². The molecule has 1 aliphatic rings. The molecule has 0 saturated carbocycles. The summed E-state index contributed by atoms with van der Waals surface area (Å²) in [5.41, 5.74) is 4.18. The monoisotopic (exact) mass is 636 g/mol. The van der Waals surface area contributed by atoms with Crippen molar-refractivity contribution in [3.8, 4) is 5.75 Å². The van der Waals surface area contributed by atoms with E-state index in [1.165, 1.54) is 6.07 Å². The maximum atomic E-state index is 15.0. The van der Waals surface area contributed by atoms with Crippen LogP contribution in [0.1, 0.15) is 60.3 Å². The lowest BCUT2D eigenvalue weighted by atomic mass is 9.89. The van der Waals surface area contributed by atoms with Gasteiger partial charge in [0.2, 0.25) is 0 Å². The molecule has 0 unspecified atom stereocenters. The van der Waals surface area contributed by atoms with Gasteiger partial charge in [-0.3, -0.25) is 0 Å². The summed E-state index contributed by atoms with van der Waals surface area (Å²) in [4.78, 5) is 0. The molecule has 5 atom stereocenters. The average Bonchev–Trinajstić information content (AvgIpc) is 3.04. The van der Waals surface area contributed by atoms with Crippen molar-refractivity contribution in [1.29, 1.82) is 0 Å². The third kappa shape index (κ3) is 7.84. The molecule has 0 radical (unpaired) electrons. The predicted octanol–water partition coefficient (Wildman–Crippen LogP) is 9.98. The predicted molar refractivity (Wildman–Crippen MR) is 175 cm³/mol. The van der Waals surface area contributed by atoms with Crippen LogP contribution >= 0.6 is 23.4 Å². The van der Waals surface area contributed by atoms with Crippen LogP contribution in [0.4, 0.5) is 8.78 Å². The lowest BCUT2D eigenvalue weighted by Crippen LogP contribution is -2.48. The highest BCUT2D eigenvalue weighted by atomic mass is 35.5. The van der Waals surface area contributed by atoms with Crippen molar-refractivity contribution in [2.45, 2.75) is 69.5 Å². The standard InChI is InChI=1S/C37H39ClF2O3S/c1-4-34-24(3)35(42-22-25-12-8-6-9-13-25)36(43-23-26-14-10-7-11-15-26)37(44-34)27-16-17-30(38)28(18-27)19-29-20-32(40)33(41-5-2)21-31(29)39/h6-18,20-21,24,34-37H,4-5,19,22-23H2,1-3H3/t24-,34-,35+,36-,37+/m1/s1. The van der Waals surface area contributed by atoms with Gasteiger partial charge in [-0.15, -0.1) is 11.8 Å². The summed E-state index contributed by atoms with van der Waals surface area (Å²) in [6, 6.07) is 28.5. The third-order valence-corrected chi connectivity index (χ3v) is 10.5. The van der Waals surface area contributed by atoms with Gasteiger partial charge in [0, 0.05) is 22.8 Å². The Bertz CT molecular complexity index is 1500. The highest BCUT2D eigenvalue weighted by Gasteiger charge is 2.45. The van der Waals surface area contributed by atoms with Crippen molar-refractivity contribution in [2.75, 3.05) is 6.61 Å². The van der Waals surface area contributed by atoms with E-state index in [0.29, 0.717) is 23.5 Å². The lowest BCUT2D eigenvalue weighted by Gasteiger charge is -2.45. The van der Waals surface area contributed by atoms with Gasteiger partial charge in [0.1, 0.15) is 11.9 Å². The van der Waals surface area contributed by atoms with Crippen LogP contribution in [-0.4, -0.2) is 24.1 Å². The van der Waals surface area contributed by atoms with Gasteiger partial charge in [-0.25, -0.2) is 8.78 Å². The summed E-state index contributed by atoms with van der Waals surface area (Å²) in [5.74, 6) is -0.960. The minimum atomic E-state index is -0.592. The van der Waals surface area contributed by atoms with E-state index in [0.717, 1.165) is 34.7 Å². The van der Waals surface area contributed by atoms with Crippen molar-refractivity contribution < 1.29 is 23.0 Å². The highest BCUT2D eigenvalue weighted by Crippen LogP contribution is 2.49. The summed E-state index contributed by atoms with van der Waals surface area (Å²) >= 11 is 8.55. The molecule has 232 valence electrons. The molecule has 1 saturated heterocycles. The second-order valence-electron chi connectivity index (χ2n) is 11.2. The highest BCUT2D eigenvalue weighted by molar-refractivity contribution is 8.00. The Balaban J connectivity index is 1.47. The molecule has 0 aromatic heterocycles. The van der Waals surface area contributed by atoms with Crippen LogP contribution in [0.15, 0.2) is 91.0 Å². The number of rotatable bonds is 12. The van der Waals surface area contributed by atoms with E-state index in [4.69, 9.17) is 25.8 Å². The maximum Gasteiger partial charge on any atom is 0.165 e. The molecule has 0 amide bonds. The Morgan fingerprint density at radius 3 is 2.00 bits per heavy atom. The van der Waals surface area contributed by atoms with Crippen molar-refractivity contribution in [1.82, 2.24) is 0 Å². The first kappa shape index (κ1) is 32.5. The SMILES string of the molecule is CCOc1cc(F)c(Cc2cc([C@@H]3S[C@H](CC)[C@@H](C)[C@H](OCc4ccccc4)[C@H]3OCc3ccccc3)ccc2Cl)cc1F. The van der Waals surface area contributed by atoms with Crippen LogP contribution in [0.5, 0.6) is 5.75 Å². The van der Waals surface area contributed by atoms with Gasteiger partial charge in [0.15, 0.2) is 11.6 Å². The average molecular weight is 637 g/mol. The maximum absolute atomic E-state index is 15.0. The quantitative estimate of drug-likeness (QED) is 0.155. The van der Waals surface area contributed by atoms with Gasteiger partial charge in [-0.1, -0.05) is 98.2 Å². The fourth-order valence-electron chi connectivity index (χ4n) is 5.85. The first-order valence-corrected chi connectivity index (χ1v) is 16.6. The Hall–Kier alpha value is -2.90. The number of hydrogen-bond acceptors (Lipinski definition) is 4. The molecule has 5 rings (SSSR count). The third-order valence-electron chi connectivity index (χ3n) is 8.20. The second kappa shape index (κ2) is 15.4. The molecule has 3 nitrogen and oxygen atoms in total. The molecule has 0 aliphatic carbocycles. The molecule has 44 heavy (non-hydrogen) atoms. The fraction of sp³-hybridized carbons (Fsp3) is 0.351. The molecule has 1 heterocycles. The lowest BCUT2D eigenvalue weighted by molar-refractivity contribution is -0.112. The number of halogens is 3. The fourth-order valence-corrected chi connectivity index (χ4v) is 7.70. The van der Waals surface area contributed by atoms with E-state index in [2.05, 4.69) is 38.1 Å². The number of hydrogen-bond donors (Lipinski definition) is 0. The van der Waals surface area contributed by atoms with Gasteiger partial charge in [0.25, 0.3) is 0 Å². The van der Waals surface area contributed by atoms with Gasteiger partial charge in [0.05, 0.1) is 31.2 Å². The van der Waals surface area contributed by atoms with E-state index >= 15 is 4.39 Å². The van der Waals surface area contributed by atoms with Gasteiger partial charge in [-0.05, 0) is 59.2 Å². The van der Waals surface area contributed by atoms with Crippen LogP contribution < -0.4 is 4.74 Å². The molecular weight excluding hydrogens is 598 g/mol. The van der Waals surface area contributed by atoms with Crippen molar-refractivity contribution in [2.24, 2.45) is 5.92 Å². The molecule has 4 aromatic rings. The van der Waals surface area contributed by atoms with Crippen molar-refractivity contribution in [3.05, 3.63) is 135 Å². The second-order valence-corrected chi connectivity index (χ2v) is 13.0. The molecule has 1 fully saturated rings. The van der Waals surface area contributed by atoms with Crippen LogP contribution in [0.3, 0.4) is 0 Å². The van der Waals surface area contributed by atoms with Crippen molar-refractivity contribution in [3.63, 3.8) is 0 Å². The molecular formula is C37H39ClF2O3S. The molecule has 0 bridgehead atoms. The molecule has 0 spiro atoms. The minimum Gasteiger partial charge on any atom is -0.491 e. The van der Waals surface area contributed by atoms with E-state index in [9.17, 15) is 4.39 Å². The Morgan fingerprint density at radius 1 is 0.750 bits per heavy atom. The number of thioether (sulfide) groups is 1. The zero-order chi connectivity index (χ0) is 31.1. The summed E-state index contributed by atoms with van der Waals surface area (Å²) in [6.45, 7) is 7.39. The van der Waals surface area contributed by atoms with Crippen LogP contribution in [0.25, 0.3) is 0 Å². The Labute approximate surface area is 268 Å². The number of benzene rings is 4.